The van der Waals surface area contributed by atoms with Crippen molar-refractivity contribution in [2.24, 2.45) is 0 Å². The zero-order valence-electron chi connectivity index (χ0n) is 6.27. The number of ether oxygens (including phenoxy) is 1. The van der Waals surface area contributed by atoms with E-state index in [0.29, 0.717) is 13.0 Å². The first kappa shape index (κ1) is 9.59. The van der Waals surface area contributed by atoms with Crippen molar-refractivity contribution in [1.29, 1.82) is 0 Å². The zero-order chi connectivity index (χ0) is 7.82. The van der Waals surface area contributed by atoms with E-state index in [-0.39, 0.29) is 6.73 Å². The van der Waals surface area contributed by atoms with Gasteiger partial charge in [-0.1, -0.05) is 13.0 Å². The van der Waals surface area contributed by atoms with Gasteiger partial charge in [-0.2, -0.15) is 0 Å². The Kier molecular flexibility index (Phi) is 6.43. The highest BCUT2D eigenvalue weighted by Crippen LogP contribution is 1.96. The molecule has 2 nitrogen and oxygen atoms in total. The van der Waals surface area contributed by atoms with E-state index in [9.17, 15) is 4.39 Å². The number of alkyl halides is 1. The molecule has 1 unspecified atom stereocenters. The van der Waals surface area contributed by atoms with E-state index in [1.807, 2.05) is 0 Å². The summed E-state index contributed by atoms with van der Waals surface area (Å²) < 4.78 is 16.9. The molecular formula is C7H14FNO. The summed E-state index contributed by atoms with van der Waals surface area (Å²) in [4.78, 5) is 0. The summed E-state index contributed by atoms with van der Waals surface area (Å²) in [5.41, 5.74) is 0. The fourth-order valence-electron chi connectivity index (χ4n) is 0.428. The Morgan fingerprint density at radius 3 is 3.00 bits per heavy atom. The Hall–Kier alpha value is -0.410. The topological polar surface area (TPSA) is 21.3 Å². The smallest absolute Gasteiger partial charge is 0.199 e. The molecule has 1 N–H and O–H groups in total. The van der Waals surface area contributed by atoms with Crippen molar-refractivity contribution in [2.45, 2.75) is 19.7 Å². The highest BCUT2D eigenvalue weighted by atomic mass is 19.1. The molecule has 0 spiro atoms. The molecule has 0 aromatic heterocycles. The summed E-state index contributed by atoms with van der Waals surface area (Å²) in [7, 11) is 0. The lowest BCUT2D eigenvalue weighted by Crippen LogP contribution is -2.20. The first-order valence-electron chi connectivity index (χ1n) is 3.38. The first-order chi connectivity index (χ1) is 4.81. The second kappa shape index (κ2) is 6.71. The summed E-state index contributed by atoms with van der Waals surface area (Å²) >= 11 is 0. The van der Waals surface area contributed by atoms with Gasteiger partial charge in [0.05, 0.1) is 0 Å². The van der Waals surface area contributed by atoms with Crippen molar-refractivity contribution in [3.63, 3.8) is 0 Å². The fourth-order valence-corrected chi connectivity index (χ4v) is 0.428. The van der Waals surface area contributed by atoms with Crippen LogP contribution in [0.5, 0.6) is 0 Å². The minimum absolute atomic E-state index is 0.251. The van der Waals surface area contributed by atoms with Crippen LogP contribution in [0.2, 0.25) is 0 Å². The van der Waals surface area contributed by atoms with Gasteiger partial charge in [0.1, 0.15) is 6.73 Å². The quantitative estimate of drug-likeness (QED) is 0.349. The minimum Gasteiger partial charge on any atom is -0.333 e. The van der Waals surface area contributed by atoms with Gasteiger partial charge in [0.2, 0.25) is 0 Å². The molecule has 0 aliphatic rings. The minimum atomic E-state index is -1.14. The van der Waals surface area contributed by atoms with Gasteiger partial charge in [-0.15, -0.1) is 6.58 Å². The fraction of sp³-hybridized carbons (Fsp3) is 0.714. The van der Waals surface area contributed by atoms with Crippen LogP contribution in [0.3, 0.4) is 0 Å². The maximum atomic E-state index is 12.3. The molecule has 3 heteroatoms. The third kappa shape index (κ3) is 5.72. The molecule has 0 aromatic rings. The van der Waals surface area contributed by atoms with E-state index < -0.39 is 6.36 Å². The van der Waals surface area contributed by atoms with E-state index in [1.165, 1.54) is 0 Å². The van der Waals surface area contributed by atoms with Crippen LogP contribution in [-0.4, -0.2) is 19.6 Å². The van der Waals surface area contributed by atoms with Crippen molar-refractivity contribution >= 4 is 0 Å². The molecule has 0 radical (unpaired) electrons. The molecule has 0 saturated carbocycles. The zero-order valence-corrected chi connectivity index (χ0v) is 6.27. The van der Waals surface area contributed by atoms with Crippen LogP contribution >= 0.6 is 0 Å². The van der Waals surface area contributed by atoms with Gasteiger partial charge in [0.25, 0.3) is 0 Å². The Morgan fingerprint density at radius 2 is 2.50 bits per heavy atom. The average Bonchev–Trinajstić information content (AvgIpc) is 1.98. The predicted octanol–water partition coefficient (Wildman–Crippen LogP) is 1.44. The van der Waals surface area contributed by atoms with Crippen molar-refractivity contribution in [3.05, 3.63) is 12.7 Å². The molecule has 0 fully saturated rings. The number of nitrogens with one attached hydrogen (secondary N) is 1. The van der Waals surface area contributed by atoms with E-state index in [1.54, 1.807) is 13.0 Å². The van der Waals surface area contributed by atoms with Gasteiger partial charge in [-0.25, -0.2) is 4.39 Å². The summed E-state index contributed by atoms with van der Waals surface area (Å²) in [5, 5.41) is 2.82. The average molecular weight is 147 g/mol. The van der Waals surface area contributed by atoms with Crippen LogP contribution in [0, 0.1) is 0 Å². The van der Waals surface area contributed by atoms with Crippen LogP contribution in [0.25, 0.3) is 0 Å². The lowest BCUT2D eigenvalue weighted by molar-refractivity contribution is -0.0471. The van der Waals surface area contributed by atoms with Crippen LogP contribution in [0.1, 0.15) is 13.3 Å². The van der Waals surface area contributed by atoms with Gasteiger partial charge in [-0.05, 0) is 0 Å². The number of halogens is 1. The van der Waals surface area contributed by atoms with Gasteiger partial charge in [-0.3, -0.25) is 5.32 Å². The van der Waals surface area contributed by atoms with Crippen molar-refractivity contribution in [1.82, 2.24) is 5.32 Å². The van der Waals surface area contributed by atoms with Gasteiger partial charge < -0.3 is 4.74 Å². The lowest BCUT2D eigenvalue weighted by atomic mass is 10.5. The summed E-state index contributed by atoms with van der Waals surface area (Å²) in [6, 6.07) is 0. The molecule has 0 saturated heterocycles. The highest BCUT2D eigenvalue weighted by Gasteiger charge is 1.99. The number of hydrogen-bond acceptors (Lipinski definition) is 2. The van der Waals surface area contributed by atoms with Crippen LogP contribution < -0.4 is 5.32 Å². The molecule has 1 atom stereocenters. The molecule has 0 aliphatic heterocycles. The normalized spacial score (nSPS) is 13.0. The molecule has 0 amide bonds. The van der Waals surface area contributed by atoms with Crippen LogP contribution in [0.15, 0.2) is 12.7 Å². The Morgan fingerprint density at radius 1 is 1.80 bits per heavy atom. The molecule has 0 aromatic carbocycles. The molecule has 0 rings (SSSR count). The first-order valence-corrected chi connectivity index (χ1v) is 3.38. The molecular weight excluding hydrogens is 133 g/mol. The second-order valence-corrected chi connectivity index (χ2v) is 1.87. The molecule has 10 heavy (non-hydrogen) atoms. The monoisotopic (exact) mass is 147 g/mol. The maximum absolute atomic E-state index is 12.3. The third-order valence-electron chi connectivity index (χ3n) is 0.976. The van der Waals surface area contributed by atoms with Gasteiger partial charge in [0.15, 0.2) is 6.36 Å². The Labute approximate surface area is 61.1 Å². The predicted molar refractivity (Wildman–Crippen MR) is 39.3 cm³/mol. The molecule has 60 valence electrons. The second-order valence-electron chi connectivity index (χ2n) is 1.87. The molecule has 0 bridgehead atoms. The van der Waals surface area contributed by atoms with E-state index >= 15 is 0 Å². The maximum Gasteiger partial charge on any atom is 0.199 e. The standard InChI is InChI=1S/C7H14FNO/c1-3-5-9-6-10-7(8)4-2/h3,7,9H,1,4-6H2,2H3. The Balaban J connectivity index is 2.95. The summed E-state index contributed by atoms with van der Waals surface area (Å²) in [6.45, 7) is 6.12. The number of rotatable bonds is 6. The largest absolute Gasteiger partial charge is 0.333 e. The molecule has 0 aliphatic carbocycles. The molecule has 0 heterocycles. The van der Waals surface area contributed by atoms with Crippen LogP contribution in [-0.2, 0) is 4.74 Å². The van der Waals surface area contributed by atoms with Gasteiger partial charge >= 0.3 is 0 Å². The number of hydrogen-bond donors (Lipinski definition) is 1. The summed E-state index contributed by atoms with van der Waals surface area (Å²) in [6.07, 6.45) is 0.954. The Bertz CT molecular complexity index is 87.7. The van der Waals surface area contributed by atoms with E-state index in [2.05, 4.69) is 16.6 Å². The van der Waals surface area contributed by atoms with E-state index in [0.717, 1.165) is 0 Å². The van der Waals surface area contributed by atoms with Crippen molar-refractivity contribution in [2.75, 3.05) is 13.3 Å². The SMILES string of the molecule is C=CCNCOC(F)CC. The third-order valence-corrected chi connectivity index (χ3v) is 0.976. The summed E-state index contributed by atoms with van der Waals surface area (Å²) in [5.74, 6) is 0. The van der Waals surface area contributed by atoms with Crippen molar-refractivity contribution < 1.29 is 9.13 Å². The van der Waals surface area contributed by atoms with Crippen LogP contribution in [0.4, 0.5) is 4.39 Å². The lowest BCUT2D eigenvalue weighted by Gasteiger charge is -2.06. The van der Waals surface area contributed by atoms with Crippen molar-refractivity contribution in [3.8, 4) is 0 Å². The van der Waals surface area contributed by atoms with Gasteiger partial charge in [0, 0.05) is 13.0 Å². The highest BCUT2D eigenvalue weighted by molar-refractivity contribution is 4.67. The van der Waals surface area contributed by atoms with E-state index in [4.69, 9.17) is 0 Å².